The Labute approximate surface area is 213 Å². The number of pyridine rings is 1. The minimum absolute atomic E-state index is 0.0930. The Bertz CT molecular complexity index is 1200. The molecule has 186 valence electrons. The van der Waals surface area contributed by atoms with E-state index in [4.69, 9.17) is 4.98 Å². The van der Waals surface area contributed by atoms with Crippen LogP contribution in [-0.2, 0) is 5.41 Å². The molecule has 1 aliphatic rings. The number of carbonyl (C=O) groups is 1. The highest BCUT2D eigenvalue weighted by Gasteiger charge is 2.36. The quantitative estimate of drug-likeness (QED) is 0.417. The van der Waals surface area contributed by atoms with Crippen molar-refractivity contribution in [1.82, 2.24) is 9.88 Å². The monoisotopic (exact) mass is 491 g/mol. The van der Waals surface area contributed by atoms with Crippen LogP contribution >= 0.6 is 11.8 Å². The van der Waals surface area contributed by atoms with Gasteiger partial charge in [0.05, 0.1) is 11.6 Å². The lowest BCUT2D eigenvalue weighted by Crippen LogP contribution is -2.51. The van der Waals surface area contributed by atoms with E-state index in [1.165, 1.54) is 10.5 Å². The molecule has 1 unspecified atom stereocenters. The summed E-state index contributed by atoms with van der Waals surface area (Å²) in [5.74, 6) is 0. The largest absolute Gasteiger partial charge is 0.465 e. The number of fused-ring (bicyclic) bond motifs is 1. The molecule has 4 rings (SSSR count). The number of carboxylic acid groups (broad SMARTS) is 1. The molecule has 1 aliphatic heterocycles. The van der Waals surface area contributed by atoms with Gasteiger partial charge in [0.2, 0.25) is 0 Å². The van der Waals surface area contributed by atoms with Crippen molar-refractivity contribution in [3.63, 3.8) is 0 Å². The molecule has 1 aromatic heterocycles. The molecule has 0 saturated carbocycles. The first-order valence-corrected chi connectivity index (χ1v) is 13.2. The third-order valence-electron chi connectivity index (χ3n) is 6.82. The summed E-state index contributed by atoms with van der Waals surface area (Å²) in [6.07, 6.45) is 1.92. The fourth-order valence-corrected chi connectivity index (χ4v) is 5.61. The van der Waals surface area contributed by atoms with Crippen LogP contribution in [0.15, 0.2) is 64.5 Å². The van der Waals surface area contributed by atoms with Gasteiger partial charge in [-0.25, -0.2) is 4.79 Å². The Morgan fingerprint density at radius 1 is 1.00 bits per heavy atom. The molecule has 0 bridgehead atoms. The summed E-state index contributed by atoms with van der Waals surface area (Å²) in [4.78, 5) is 23.1. The van der Waals surface area contributed by atoms with E-state index in [0.29, 0.717) is 13.1 Å². The predicted molar refractivity (Wildman–Crippen MR) is 146 cm³/mol. The Kier molecular flexibility index (Phi) is 7.05. The van der Waals surface area contributed by atoms with Gasteiger partial charge >= 0.3 is 6.09 Å². The van der Waals surface area contributed by atoms with Crippen molar-refractivity contribution in [2.75, 3.05) is 24.5 Å². The average Bonchev–Trinajstić information content (AvgIpc) is 3.02. The molecule has 0 aliphatic carbocycles. The fraction of sp³-hybridized carbons (Fsp3) is 0.448. The third-order valence-corrected chi connectivity index (χ3v) is 7.78. The van der Waals surface area contributed by atoms with Crippen molar-refractivity contribution in [3.8, 4) is 0 Å². The number of anilines is 1. The number of amides is 1. The highest BCUT2D eigenvalue weighted by molar-refractivity contribution is 7.99. The van der Waals surface area contributed by atoms with E-state index in [1.807, 2.05) is 12.3 Å². The lowest BCUT2D eigenvalue weighted by Gasteiger charge is -2.39. The molecule has 1 amide bonds. The Morgan fingerprint density at radius 2 is 1.71 bits per heavy atom. The number of aromatic nitrogens is 1. The molecule has 6 heteroatoms. The summed E-state index contributed by atoms with van der Waals surface area (Å²) in [6.45, 7) is 15.1. The summed E-state index contributed by atoms with van der Waals surface area (Å²) < 4.78 is 0. The lowest BCUT2D eigenvalue weighted by molar-refractivity contribution is 0.0902. The number of nitrogens with zero attached hydrogens (tertiary/aromatic N) is 3. The molecule has 0 spiro atoms. The van der Waals surface area contributed by atoms with E-state index in [2.05, 4.69) is 88.9 Å². The first kappa shape index (κ1) is 25.4. The SMILES string of the molecule is CC(C)(C)c1ccc(Sc2cnc3cccc(N4CCCN(C(=O)O)C(C(C)(C)C)C4)c3c2)cc1. The second-order valence-corrected chi connectivity index (χ2v) is 12.7. The standard InChI is InChI=1S/C29H37N3O2S/c1-28(2,3)20-11-13-21(14-12-20)35-22-17-23-24(30-18-22)9-7-10-25(23)31-15-8-16-32(27(33)34)26(19-31)29(4,5)6/h7,9-14,17-18,26H,8,15-16,19H2,1-6H3,(H,33,34). The van der Waals surface area contributed by atoms with Crippen LogP contribution in [0, 0.1) is 5.41 Å². The molecule has 35 heavy (non-hydrogen) atoms. The van der Waals surface area contributed by atoms with Gasteiger partial charge in [0.15, 0.2) is 0 Å². The number of rotatable bonds is 3. The van der Waals surface area contributed by atoms with Gasteiger partial charge < -0.3 is 14.9 Å². The summed E-state index contributed by atoms with van der Waals surface area (Å²) in [5.41, 5.74) is 3.38. The zero-order chi connectivity index (χ0) is 25.4. The molecule has 2 heterocycles. The van der Waals surface area contributed by atoms with Crippen LogP contribution in [0.25, 0.3) is 10.9 Å². The number of benzene rings is 2. The van der Waals surface area contributed by atoms with Crippen molar-refractivity contribution in [2.24, 2.45) is 5.41 Å². The van der Waals surface area contributed by atoms with Crippen LogP contribution in [-0.4, -0.2) is 46.8 Å². The summed E-state index contributed by atoms with van der Waals surface area (Å²) in [5, 5.41) is 11.0. The van der Waals surface area contributed by atoms with Gasteiger partial charge in [0, 0.05) is 46.7 Å². The molecular weight excluding hydrogens is 454 g/mol. The van der Waals surface area contributed by atoms with Gasteiger partial charge in [-0.1, -0.05) is 71.5 Å². The zero-order valence-corrected chi connectivity index (χ0v) is 22.5. The highest BCUT2D eigenvalue weighted by Crippen LogP contribution is 2.36. The summed E-state index contributed by atoms with van der Waals surface area (Å²) in [6, 6.07) is 17.2. The average molecular weight is 492 g/mol. The summed E-state index contributed by atoms with van der Waals surface area (Å²) >= 11 is 1.72. The number of hydrogen-bond acceptors (Lipinski definition) is 4. The molecule has 0 radical (unpaired) electrons. The Morgan fingerprint density at radius 3 is 2.34 bits per heavy atom. The molecule has 5 nitrogen and oxygen atoms in total. The molecular formula is C29H37N3O2S. The van der Waals surface area contributed by atoms with Gasteiger partial charge in [-0.2, -0.15) is 0 Å². The minimum Gasteiger partial charge on any atom is -0.465 e. The first-order valence-electron chi connectivity index (χ1n) is 12.4. The van der Waals surface area contributed by atoms with Gasteiger partial charge in [-0.3, -0.25) is 4.98 Å². The van der Waals surface area contributed by atoms with Crippen LogP contribution in [0.2, 0.25) is 0 Å². The van der Waals surface area contributed by atoms with Crippen LogP contribution in [0.4, 0.5) is 10.5 Å². The van der Waals surface area contributed by atoms with E-state index >= 15 is 0 Å². The molecule has 1 saturated heterocycles. The second-order valence-electron chi connectivity index (χ2n) is 11.5. The van der Waals surface area contributed by atoms with Crippen molar-refractivity contribution in [1.29, 1.82) is 0 Å². The minimum atomic E-state index is -0.831. The normalized spacial score (nSPS) is 17.5. The van der Waals surface area contributed by atoms with Crippen LogP contribution in [0.5, 0.6) is 0 Å². The Hall–Kier alpha value is -2.73. The van der Waals surface area contributed by atoms with Gasteiger partial charge in [-0.05, 0) is 53.1 Å². The third kappa shape index (κ3) is 5.75. The van der Waals surface area contributed by atoms with Crippen molar-refractivity contribution < 1.29 is 9.90 Å². The highest BCUT2D eigenvalue weighted by atomic mass is 32.2. The Balaban J connectivity index is 1.66. The van der Waals surface area contributed by atoms with Gasteiger partial charge in [0.25, 0.3) is 0 Å². The molecule has 1 atom stereocenters. The maximum Gasteiger partial charge on any atom is 0.407 e. The molecule has 1 fully saturated rings. The van der Waals surface area contributed by atoms with E-state index in [-0.39, 0.29) is 16.9 Å². The predicted octanol–water partition coefficient (Wildman–Crippen LogP) is 7.29. The second kappa shape index (κ2) is 9.73. The van der Waals surface area contributed by atoms with Crippen molar-refractivity contribution in [2.45, 2.75) is 69.2 Å². The molecule has 3 aromatic rings. The van der Waals surface area contributed by atoms with E-state index in [9.17, 15) is 9.90 Å². The maximum absolute atomic E-state index is 12.0. The van der Waals surface area contributed by atoms with E-state index < -0.39 is 6.09 Å². The van der Waals surface area contributed by atoms with Crippen LogP contribution < -0.4 is 4.90 Å². The van der Waals surface area contributed by atoms with Crippen molar-refractivity contribution in [3.05, 3.63) is 60.3 Å². The van der Waals surface area contributed by atoms with Crippen LogP contribution in [0.3, 0.4) is 0 Å². The lowest BCUT2D eigenvalue weighted by atomic mass is 9.85. The van der Waals surface area contributed by atoms with Gasteiger partial charge in [-0.15, -0.1) is 0 Å². The maximum atomic E-state index is 12.0. The van der Waals surface area contributed by atoms with Gasteiger partial charge in [0.1, 0.15) is 0 Å². The van der Waals surface area contributed by atoms with Crippen molar-refractivity contribution >= 4 is 34.4 Å². The first-order chi connectivity index (χ1) is 16.4. The fourth-order valence-electron chi connectivity index (χ4n) is 4.78. The molecule has 1 N–H and O–H groups in total. The molecule has 2 aromatic carbocycles. The van der Waals surface area contributed by atoms with E-state index in [0.717, 1.165) is 34.5 Å². The van der Waals surface area contributed by atoms with E-state index in [1.54, 1.807) is 16.7 Å². The smallest absolute Gasteiger partial charge is 0.407 e. The topological polar surface area (TPSA) is 56.7 Å². The number of hydrogen-bond donors (Lipinski definition) is 1. The van der Waals surface area contributed by atoms with Crippen LogP contribution in [0.1, 0.15) is 53.5 Å². The zero-order valence-electron chi connectivity index (χ0n) is 21.7. The summed E-state index contributed by atoms with van der Waals surface area (Å²) in [7, 11) is 0.